The minimum atomic E-state index is 0.455. The Labute approximate surface area is 88.2 Å². The molecule has 3 nitrogen and oxygen atoms in total. The van der Waals surface area contributed by atoms with Crippen molar-refractivity contribution in [3.8, 4) is 0 Å². The van der Waals surface area contributed by atoms with Crippen molar-refractivity contribution in [2.75, 3.05) is 34.2 Å². The Morgan fingerprint density at radius 3 is 2.36 bits per heavy atom. The molecule has 1 rings (SSSR count). The van der Waals surface area contributed by atoms with Crippen molar-refractivity contribution < 1.29 is 0 Å². The Bertz CT molecular complexity index is 159. The van der Waals surface area contributed by atoms with E-state index < -0.39 is 0 Å². The van der Waals surface area contributed by atoms with Gasteiger partial charge in [-0.2, -0.15) is 0 Å². The van der Waals surface area contributed by atoms with Crippen molar-refractivity contribution >= 4 is 0 Å². The van der Waals surface area contributed by atoms with E-state index in [1.165, 1.54) is 38.8 Å². The molecule has 2 N–H and O–H groups in total. The quantitative estimate of drug-likeness (QED) is 0.709. The van der Waals surface area contributed by atoms with Crippen LogP contribution in [-0.2, 0) is 0 Å². The maximum absolute atomic E-state index is 5.90. The van der Waals surface area contributed by atoms with Gasteiger partial charge in [-0.25, -0.2) is 0 Å². The lowest BCUT2D eigenvalue weighted by molar-refractivity contribution is 0.230. The van der Waals surface area contributed by atoms with E-state index in [4.69, 9.17) is 5.73 Å². The summed E-state index contributed by atoms with van der Waals surface area (Å²) in [5, 5.41) is 0. The lowest BCUT2D eigenvalue weighted by atomic mass is 10.2. The first-order chi connectivity index (χ1) is 6.59. The molecule has 0 aliphatic heterocycles. The average molecular weight is 199 g/mol. The first-order valence-electron chi connectivity index (χ1n) is 5.70. The fourth-order valence-corrected chi connectivity index (χ4v) is 2.21. The number of hydrogen-bond donors (Lipinski definition) is 1. The van der Waals surface area contributed by atoms with Crippen molar-refractivity contribution in [3.05, 3.63) is 0 Å². The van der Waals surface area contributed by atoms with Crippen LogP contribution in [-0.4, -0.2) is 56.1 Å². The summed E-state index contributed by atoms with van der Waals surface area (Å²) < 4.78 is 0. The summed E-state index contributed by atoms with van der Waals surface area (Å²) in [6.45, 7) is 2.39. The second-order valence-electron chi connectivity index (χ2n) is 4.86. The summed E-state index contributed by atoms with van der Waals surface area (Å²) in [5.74, 6) is 0. The Morgan fingerprint density at radius 1 is 1.14 bits per heavy atom. The Morgan fingerprint density at radius 2 is 1.86 bits per heavy atom. The van der Waals surface area contributed by atoms with Crippen LogP contribution in [0.3, 0.4) is 0 Å². The van der Waals surface area contributed by atoms with E-state index in [2.05, 4.69) is 30.9 Å². The highest BCUT2D eigenvalue weighted by Gasteiger charge is 2.24. The van der Waals surface area contributed by atoms with Gasteiger partial charge in [-0.15, -0.1) is 0 Å². The molecule has 84 valence electrons. The second kappa shape index (κ2) is 5.69. The van der Waals surface area contributed by atoms with Gasteiger partial charge in [0.1, 0.15) is 0 Å². The summed E-state index contributed by atoms with van der Waals surface area (Å²) in [7, 11) is 6.50. The van der Waals surface area contributed by atoms with Gasteiger partial charge in [0.15, 0.2) is 0 Å². The average Bonchev–Trinajstić information content (AvgIpc) is 2.51. The minimum Gasteiger partial charge on any atom is -0.328 e. The smallest absolute Gasteiger partial charge is 0.0107 e. The Kier molecular flexibility index (Phi) is 4.85. The fraction of sp³-hybridized carbons (Fsp3) is 1.00. The molecule has 1 fully saturated rings. The minimum absolute atomic E-state index is 0.455. The standard InChI is InChI=1S/C11H25N3/c1-13(2)7-4-8-14(3)11-6-5-10(12)9-11/h10-11H,4-9,12H2,1-3H3. The molecule has 0 heterocycles. The SMILES string of the molecule is CN(C)CCCN(C)C1CCC(N)C1. The van der Waals surface area contributed by atoms with Crippen LogP contribution in [0.5, 0.6) is 0 Å². The molecule has 3 heteroatoms. The van der Waals surface area contributed by atoms with Gasteiger partial charge in [-0.05, 0) is 59.9 Å². The largest absolute Gasteiger partial charge is 0.328 e. The van der Waals surface area contributed by atoms with Crippen molar-refractivity contribution in [1.29, 1.82) is 0 Å². The molecule has 0 amide bonds. The third kappa shape index (κ3) is 3.95. The van der Waals surface area contributed by atoms with E-state index in [1.54, 1.807) is 0 Å². The molecule has 2 unspecified atom stereocenters. The van der Waals surface area contributed by atoms with Crippen molar-refractivity contribution in [3.63, 3.8) is 0 Å². The molecule has 0 radical (unpaired) electrons. The maximum Gasteiger partial charge on any atom is 0.0107 e. The third-order valence-corrected chi connectivity index (χ3v) is 3.19. The van der Waals surface area contributed by atoms with Crippen molar-refractivity contribution in [1.82, 2.24) is 9.80 Å². The van der Waals surface area contributed by atoms with Crippen LogP contribution in [0.2, 0.25) is 0 Å². The molecule has 2 atom stereocenters. The van der Waals surface area contributed by atoms with E-state index in [0.29, 0.717) is 6.04 Å². The molecule has 0 saturated heterocycles. The second-order valence-corrected chi connectivity index (χ2v) is 4.86. The number of rotatable bonds is 5. The van der Waals surface area contributed by atoms with Gasteiger partial charge in [-0.1, -0.05) is 0 Å². The van der Waals surface area contributed by atoms with E-state index in [1.807, 2.05) is 0 Å². The van der Waals surface area contributed by atoms with Crippen LogP contribution in [0.1, 0.15) is 25.7 Å². The molecular weight excluding hydrogens is 174 g/mol. The van der Waals surface area contributed by atoms with Crippen LogP contribution >= 0.6 is 0 Å². The summed E-state index contributed by atoms with van der Waals surface area (Å²) in [5.41, 5.74) is 5.90. The summed E-state index contributed by atoms with van der Waals surface area (Å²) >= 11 is 0. The normalized spacial score (nSPS) is 27.9. The predicted octanol–water partition coefficient (Wildman–Crippen LogP) is 0.750. The molecular formula is C11H25N3. The van der Waals surface area contributed by atoms with E-state index in [-0.39, 0.29) is 0 Å². The molecule has 1 aliphatic carbocycles. The summed E-state index contributed by atoms with van der Waals surface area (Å²) in [6.07, 6.45) is 4.95. The Balaban J connectivity index is 2.12. The molecule has 0 spiro atoms. The molecule has 0 aromatic rings. The number of nitrogens with two attached hydrogens (primary N) is 1. The number of nitrogens with zero attached hydrogens (tertiary/aromatic N) is 2. The van der Waals surface area contributed by atoms with E-state index in [0.717, 1.165) is 6.04 Å². The molecule has 1 aliphatic rings. The molecule has 0 aromatic carbocycles. The van der Waals surface area contributed by atoms with E-state index >= 15 is 0 Å². The zero-order valence-corrected chi connectivity index (χ0v) is 9.87. The number of hydrogen-bond acceptors (Lipinski definition) is 3. The van der Waals surface area contributed by atoms with Gasteiger partial charge < -0.3 is 15.5 Å². The topological polar surface area (TPSA) is 32.5 Å². The molecule has 0 bridgehead atoms. The van der Waals surface area contributed by atoms with Crippen LogP contribution in [0, 0.1) is 0 Å². The monoisotopic (exact) mass is 199 g/mol. The Hall–Kier alpha value is -0.120. The highest BCUT2D eigenvalue weighted by Crippen LogP contribution is 2.21. The van der Waals surface area contributed by atoms with Crippen LogP contribution in [0.4, 0.5) is 0 Å². The van der Waals surface area contributed by atoms with Crippen molar-refractivity contribution in [2.45, 2.75) is 37.8 Å². The van der Waals surface area contributed by atoms with Crippen LogP contribution < -0.4 is 5.73 Å². The van der Waals surface area contributed by atoms with Gasteiger partial charge in [0, 0.05) is 12.1 Å². The molecule has 0 aromatic heterocycles. The fourth-order valence-electron chi connectivity index (χ4n) is 2.21. The van der Waals surface area contributed by atoms with Gasteiger partial charge in [-0.3, -0.25) is 0 Å². The van der Waals surface area contributed by atoms with Gasteiger partial charge >= 0.3 is 0 Å². The first-order valence-corrected chi connectivity index (χ1v) is 5.70. The molecule has 1 saturated carbocycles. The highest BCUT2D eigenvalue weighted by molar-refractivity contribution is 4.83. The van der Waals surface area contributed by atoms with Crippen LogP contribution in [0.25, 0.3) is 0 Å². The predicted molar refractivity (Wildman–Crippen MR) is 61.4 cm³/mol. The van der Waals surface area contributed by atoms with Gasteiger partial charge in [0.2, 0.25) is 0 Å². The van der Waals surface area contributed by atoms with E-state index in [9.17, 15) is 0 Å². The van der Waals surface area contributed by atoms with Crippen molar-refractivity contribution in [2.24, 2.45) is 5.73 Å². The molecule has 14 heavy (non-hydrogen) atoms. The zero-order valence-electron chi connectivity index (χ0n) is 9.87. The zero-order chi connectivity index (χ0) is 10.6. The maximum atomic E-state index is 5.90. The summed E-state index contributed by atoms with van der Waals surface area (Å²) in [6, 6.07) is 1.20. The third-order valence-electron chi connectivity index (χ3n) is 3.19. The first kappa shape index (κ1) is 12.0. The van der Waals surface area contributed by atoms with Crippen LogP contribution in [0.15, 0.2) is 0 Å². The highest BCUT2D eigenvalue weighted by atomic mass is 15.1. The summed E-state index contributed by atoms with van der Waals surface area (Å²) in [4.78, 5) is 4.73. The lowest BCUT2D eigenvalue weighted by Gasteiger charge is -2.24. The van der Waals surface area contributed by atoms with Gasteiger partial charge in [0.05, 0.1) is 0 Å². The lowest BCUT2D eigenvalue weighted by Crippen LogP contribution is -2.33. The van der Waals surface area contributed by atoms with Gasteiger partial charge in [0.25, 0.3) is 0 Å².